The van der Waals surface area contributed by atoms with Crippen LogP contribution in [0.4, 0.5) is 0 Å². The smallest absolute Gasteiger partial charge is 0.309 e. The summed E-state index contributed by atoms with van der Waals surface area (Å²) in [7, 11) is 0. The van der Waals surface area contributed by atoms with Crippen LogP contribution < -0.4 is 0 Å². The van der Waals surface area contributed by atoms with Gasteiger partial charge in [0, 0.05) is 0 Å². The minimum absolute atomic E-state index is 0.0913. The Morgan fingerprint density at radius 3 is 2.69 bits per heavy atom. The van der Waals surface area contributed by atoms with Gasteiger partial charge in [0.2, 0.25) is 0 Å². The molecule has 29 heavy (non-hydrogen) atoms. The molecule has 1 unspecified atom stereocenters. The summed E-state index contributed by atoms with van der Waals surface area (Å²) in [6, 6.07) is 4.66. The van der Waals surface area contributed by atoms with Gasteiger partial charge in [-0.05, 0) is 96.9 Å². The van der Waals surface area contributed by atoms with Gasteiger partial charge >= 0.3 is 5.97 Å². The number of aryl methyl sites for hydroxylation is 1. The first kappa shape index (κ1) is 20.4. The molecule has 2 saturated carbocycles. The summed E-state index contributed by atoms with van der Waals surface area (Å²) < 4.78 is 0. The Kier molecular flexibility index (Phi) is 5.25. The molecule has 0 amide bonds. The lowest BCUT2D eigenvalue weighted by Crippen LogP contribution is -2.52. The number of rotatable bonds is 6. The third-order valence-electron chi connectivity index (χ3n) is 7.94. The molecule has 3 atom stereocenters. The van der Waals surface area contributed by atoms with Crippen molar-refractivity contribution in [3.8, 4) is 0 Å². The normalized spacial score (nSPS) is 31.6. The van der Waals surface area contributed by atoms with Gasteiger partial charge in [-0.1, -0.05) is 38.4 Å². The van der Waals surface area contributed by atoms with Crippen LogP contribution in [0.1, 0.15) is 94.4 Å². The maximum Gasteiger partial charge on any atom is 0.309 e. The lowest BCUT2D eigenvalue weighted by Gasteiger charge is -2.53. The van der Waals surface area contributed by atoms with Crippen LogP contribution in [-0.2, 0) is 21.5 Å². The predicted molar refractivity (Wildman–Crippen MR) is 116 cm³/mol. The molecule has 158 valence electrons. The standard InChI is InChI=1S/C25H35NO3/c1-16(2)20-12-18-8-9-22-24(3,10-5-11-25(22,4)23(27)28)21(18)13-19(20)14-26-29-15-17-6-7-17/h12-14,16-17,22H,5-11,15H2,1-4H3,(H,27,28)/b26-14+/t22?,24-,25-/m1/s1. The van der Waals surface area contributed by atoms with Crippen LogP contribution in [0.2, 0.25) is 0 Å². The molecule has 4 rings (SSSR count). The lowest BCUT2D eigenvalue weighted by atomic mass is 9.49. The van der Waals surface area contributed by atoms with Gasteiger partial charge < -0.3 is 9.94 Å². The molecule has 0 aliphatic heterocycles. The number of nitrogens with zero attached hydrogens (tertiary/aromatic N) is 1. The van der Waals surface area contributed by atoms with Gasteiger partial charge in [0.15, 0.2) is 0 Å². The molecule has 1 N–H and O–H groups in total. The Morgan fingerprint density at radius 1 is 1.28 bits per heavy atom. The molecule has 3 aliphatic carbocycles. The fourth-order valence-corrected chi connectivity index (χ4v) is 5.95. The number of hydrogen-bond donors (Lipinski definition) is 1. The lowest BCUT2D eigenvalue weighted by molar-refractivity contribution is -0.157. The van der Waals surface area contributed by atoms with E-state index in [2.05, 4.69) is 38.1 Å². The zero-order chi connectivity index (χ0) is 20.8. The van der Waals surface area contributed by atoms with Gasteiger partial charge in [-0.3, -0.25) is 4.79 Å². The van der Waals surface area contributed by atoms with Gasteiger partial charge in [0.05, 0.1) is 11.6 Å². The van der Waals surface area contributed by atoms with Crippen molar-refractivity contribution in [3.63, 3.8) is 0 Å². The fourth-order valence-electron chi connectivity index (χ4n) is 5.95. The number of fused-ring (bicyclic) bond motifs is 3. The Morgan fingerprint density at radius 2 is 2.03 bits per heavy atom. The van der Waals surface area contributed by atoms with Gasteiger partial charge in [0.1, 0.15) is 6.61 Å². The zero-order valence-corrected chi connectivity index (χ0v) is 18.3. The molecular formula is C25H35NO3. The van der Waals surface area contributed by atoms with E-state index in [1.165, 1.54) is 29.5 Å². The first-order chi connectivity index (χ1) is 13.8. The largest absolute Gasteiger partial charge is 0.481 e. The van der Waals surface area contributed by atoms with E-state index < -0.39 is 11.4 Å². The molecule has 3 aliphatic rings. The topological polar surface area (TPSA) is 58.9 Å². The molecule has 0 saturated heterocycles. The van der Waals surface area contributed by atoms with Gasteiger partial charge in [-0.15, -0.1) is 0 Å². The van der Waals surface area contributed by atoms with Crippen LogP contribution in [0, 0.1) is 17.3 Å². The first-order valence-corrected chi connectivity index (χ1v) is 11.3. The minimum Gasteiger partial charge on any atom is -0.481 e. The van der Waals surface area contributed by atoms with E-state index in [9.17, 15) is 9.90 Å². The van der Waals surface area contributed by atoms with Crippen molar-refractivity contribution in [2.45, 2.75) is 84.0 Å². The SMILES string of the molecule is CC(C)c1cc2c(cc1/C=N/OCC1CC1)[C@@]1(C)CCC[C@@](C)(C(=O)O)C1CC2. The van der Waals surface area contributed by atoms with E-state index in [4.69, 9.17) is 4.84 Å². The van der Waals surface area contributed by atoms with E-state index in [1.54, 1.807) is 0 Å². The maximum atomic E-state index is 12.2. The molecular weight excluding hydrogens is 362 g/mol. The molecule has 0 radical (unpaired) electrons. The van der Waals surface area contributed by atoms with E-state index in [0.29, 0.717) is 11.8 Å². The third-order valence-corrected chi connectivity index (χ3v) is 7.94. The molecule has 0 aromatic heterocycles. The summed E-state index contributed by atoms with van der Waals surface area (Å²) in [5.74, 6) is 0.641. The highest BCUT2D eigenvalue weighted by Crippen LogP contribution is 2.57. The third kappa shape index (κ3) is 3.60. The van der Waals surface area contributed by atoms with Crippen molar-refractivity contribution in [1.29, 1.82) is 0 Å². The Balaban J connectivity index is 1.72. The highest BCUT2D eigenvalue weighted by molar-refractivity contribution is 5.83. The zero-order valence-electron chi connectivity index (χ0n) is 18.3. The van der Waals surface area contributed by atoms with Crippen molar-refractivity contribution < 1.29 is 14.7 Å². The summed E-state index contributed by atoms with van der Waals surface area (Å²) in [5.41, 5.74) is 4.45. The van der Waals surface area contributed by atoms with E-state index in [0.717, 1.165) is 44.3 Å². The molecule has 1 aromatic rings. The Labute approximate surface area is 174 Å². The summed E-state index contributed by atoms with van der Waals surface area (Å²) in [6.45, 7) is 9.43. The quantitative estimate of drug-likeness (QED) is 0.497. The van der Waals surface area contributed by atoms with Crippen molar-refractivity contribution in [2.24, 2.45) is 22.4 Å². The second-order valence-corrected chi connectivity index (χ2v) is 10.4. The fraction of sp³-hybridized carbons (Fsp3) is 0.680. The molecule has 1 aromatic carbocycles. The number of carboxylic acid groups (broad SMARTS) is 1. The van der Waals surface area contributed by atoms with Crippen LogP contribution in [0.5, 0.6) is 0 Å². The molecule has 4 nitrogen and oxygen atoms in total. The van der Waals surface area contributed by atoms with Gasteiger partial charge in [0.25, 0.3) is 0 Å². The van der Waals surface area contributed by atoms with Crippen LogP contribution in [-0.4, -0.2) is 23.9 Å². The van der Waals surface area contributed by atoms with Gasteiger partial charge in [-0.2, -0.15) is 0 Å². The molecule has 0 spiro atoms. The average Bonchev–Trinajstić information content (AvgIpc) is 3.49. The summed E-state index contributed by atoms with van der Waals surface area (Å²) in [6.07, 6.45) is 9.13. The first-order valence-electron chi connectivity index (χ1n) is 11.3. The van der Waals surface area contributed by atoms with E-state index in [1.807, 2.05) is 13.1 Å². The van der Waals surface area contributed by atoms with Gasteiger partial charge in [-0.25, -0.2) is 0 Å². The second-order valence-electron chi connectivity index (χ2n) is 10.4. The number of hydrogen-bond acceptors (Lipinski definition) is 3. The van der Waals surface area contributed by atoms with Crippen LogP contribution in [0.15, 0.2) is 17.3 Å². The van der Waals surface area contributed by atoms with Crippen LogP contribution in [0.25, 0.3) is 0 Å². The highest BCUT2D eigenvalue weighted by atomic mass is 16.6. The van der Waals surface area contributed by atoms with Crippen LogP contribution in [0.3, 0.4) is 0 Å². The predicted octanol–water partition coefficient (Wildman–Crippen LogP) is 5.67. The molecule has 0 heterocycles. The average molecular weight is 398 g/mol. The molecule has 4 heteroatoms. The highest BCUT2D eigenvalue weighted by Gasteiger charge is 2.55. The van der Waals surface area contributed by atoms with Crippen LogP contribution >= 0.6 is 0 Å². The van der Waals surface area contributed by atoms with Crippen molar-refractivity contribution in [3.05, 3.63) is 34.4 Å². The van der Waals surface area contributed by atoms with Crippen molar-refractivity contribution >= 4 is 12.2 Å². The van der Waals surface area contributed by atoms with E-state index >= 15 is 0 Å². The Bertz CT molecular complexity index is 826. The van der Waals surface area contributed by atoms with Crippen molar-refractivity contribution in [1.82, 2.24) is 0 Å². The number of oxime groups is 1. The van der Waals surface area contributed by atoms with E-state index in [-0.39, 0.29) is 11.3 Å². The number of carbonyl (C=O) groups is 1. The second kappa shape index (κ2) is 7.45. The number of carboxylic acids is 1. The monoisotopic (exact) mass is 397 g/mol. The van der Waals surface area contributed by atoms with Crippen molar-refractivity contribution in [2.75, 3.05) is 6.61 Å². The maximum absolute atomic E-state index is 12.2. The Hall–Kier alpha value is -1.84. The molecule has 0 bridgehead atoms. The summed E-state index contributed by atoms with van der Waals surface area (Å²) >= 11 is 0. The molecule has 2 fully saturated rings. The summed E-state index contributed by atoms with van der Waals surface area (Å²) in [5, 5.41) is 14.3. The minimum atomic E-state index is -0.636. The number of benzene rings is 1. The summed E-state index contributed by atoms with van der Waals surface area (Å²) in [4.78, 5) is 17.7. The number of aliphatic carboxylic acids is 1.